The van der Waals surface area contributed by atoms with Crippen molar-refractivity contribution in [3.8, 4) is 67.1 Å². The summed E-state index contributed by atoms with van der Waals surface area (Å²) in [6.07, 6.45) is 0. The number of hydrogen-bond acceptors (Lipinski definition) is 1. The summed E-state index contributed by atoms with van der Waals surface area (Å²) in [6.45, 7) is 0. The normalized spacial score (nSPS) is 11.8. The Bertz CT molecular complexity index is 2650. The molecule has 0 saturated heterocycles. The summed E-state index contributed by atoms with van der Waals surface area (Å²) in [5.41, 5.74) is 12.1. The van der Waals surface area contributed by atoms with E-state index in [0.29, 0.717) is 0 Å². The first-order valence-electron chi connectivity index (χ1n) is 16.8. The Balaban J connectivity index is 1.10. The quantitative estimate of drug-likeness (QED) is 0.177. The van der Waals surface area contributed by atoms with E-state index < -0.39 is 0 Å². The molecule has 1 aliphatic rings. The van der Waals surface area contributed by atoms with Crippen LogP contribution in [-0.2, 0) is 0 Å². The fraction of sp³-hybridized carbons (Fsp3) is 0. The van der Waals surface area contributed by atoms with Crippen LogP contribution in [0.3, 0.4) is 0 Å². The van der Waals surface area contributed by atoms with Crippen molar-refractivity contribution < 1.29 is 4.74 Å². The van der Waals surface area contributed by atoms with Gasteiger partial charge >= 0.3 is 0 Å². The third-order valence-corrected chi connectivity index (χ3v) is 10.1. The van der Waals surface area contributed by atoms with Crippen LogP contribution in [0.1, 0.15) is 0 Å². The van der Waals surface area contributed by atoms with Crippen molar-refractivity contribution in [3.05, 3.63) is 182 Å². The zero-order chi connectivity index (χ0) is 32.3. The average Bonchev–Trinajstić information content (AvgIpc) is 3.17. The van der Waals surface area contributed by atoms with E-state index in [2.05, 4.69) is 176 Å². The SMILES string of the molecule is c1ccc(-c2ccc3c(c2)Oc2cccc4c(-c5ccc(-c6c7ccccc7c(-c7ccccc7)c7ccccc67)cc5)ccc-3c24)cc1. The fourth-order valence-electron chi connectivity index (χ4n) is 7.86. The first-order chi connectivity index (χ1) is 24.3. The van der Waals surface area contributed by atoms with Crippen molar-refractivity contribution in [2.45, 2.75) is 0 Å². The Morgan fingerprint density at radius 2 is 0.735 bits per heavy atom. The Labute approximate surface area is 285 Å². The smallest absolute Gasteiger partial charge is 0.135 e. The van der Waals surface area contributed by atoms with Gasteiger partial charge in [0, 0.05) is 10.9 Å². The van der Waals surface area contributed by atoms with Crippen molar-refractivity contribution >= 4 is 32.3 Å². The molecule has 1 nitrogen and oxygen atoms in total. The molecule has 0 unspecified atom stereocenters. The molecule has 1 heteroatoms. The van der Waals surface area contributed by atoms with Gasteiger partial charge in [-0.2, -0.15) is 0 Å². The molecular weight excluding hydrogens is 593 g/mol. The molecule has 0 amide bonds. The monoisotopic (exact) mass is 622 g/mol. The summed E-state index contributed by atoms with van der Waals surface area (Å²) in [6, 6.07) is 65.6. The van der Waals surface area contributed by atoms with Crippen LogP contribution in [0.4, 0.5) is 0 Å². The summed E-state index contributed by atoms with van der Waals surface area (Å²) in [5, 5.41) is 7.43. The Kier molecular flexibility index (Phi) is 6.25. The molecule has 49 heavy (non-hydrogen) atoms. The average molecular weight is 623 g/mol. The molecule has 0 aromatic heterocycles. The van der Waals surface area contributed by atoms with E-state index in [0.717, 1.165) is 28.0 Å². The second-order valence-corrected chi connectivity index (χ2v) is 12.8. The van der Waals surface area contributed by atoms with Gasteiger partial charge in [0.05, 0.1) is 0 Å². The fourth-order valence-corrected chi connectivity index (χ4v) is 7.86. The number of hydrogen-bond donors (Lipinski definition) is 0. The van der Waals surface area contributed by atoms with Crippen LogP contribution in [-0.4, -0.2) is 0 Å². The lowest BCUT2D eigenvalue weighted by atomic mass is 9.85. The molecule has 228 valence electrons. The predicted molar refractivity (Wildman–Crippen MR) is 206 cm³/mol. The van der Waals surface area contributed by atoms with Crippen molar-refractivity contribution in [2.75, 3.05) is 0 Å². The highest BCUT2D eigenvalue weighted by atomic mass is 16.5. The predicted octanol–water partition coefficient (Wildman–Crippen LogP) is 13.6. The maximum atomic E-state index is 6.60. The highest BCUT2D eigenvalue weighted by Crippen LogP contribution is 2.50. The molecule has 0 aliphatic carbocycles. The van der Waals surface area contributed by atoms with Gasteiger partial charge in [-0.3, -0.25) is 0 Å². The third kappa shape index (κ3) is 4.40. The van der Waals surface area contributed by atoms with E-state index in [9.17, 15) is 0 Å². The Morgan fingerprint density at radius 1 is 0.265 bits per heavy atom. The lowest BCUT2D eigenvalue weighted by Gasteiger charge is -2.23. The van der Waals surface area contributed by atoms with Crippen LogP contribution in [0.2, 0.25) is 0 Å². The number of fused-ring (bicyclic) bond motifs is 4. The Morgan fingerprint density at radius 3 is 1.37 bits per heavy atom. The molecule has 0 bridgehead atoms. The largest absolute Gasteiger partial charge is 0.456 e. The molecular formula is C48H30O. The second-order valence-electron chi connectivity index (χ2n) is 12.8. The zero-order valence-electron chi connectivity index (χ0n) is 26.7. The minimum atomic E-state index is 0.899. The lowest BCUT2D eigenvalue weighted by Crippen LogP contribution is -1.98. The van der Waals surface area contributed by atoms with Gasteiger partial charge in [0.15, 0.2) is 0 Å². The molecule has 1 heterocycles. The summed E-state index contributed by atoms with van der Waals surface area (Å²) in [7, 11) is 0. The van der Waals surface area contributed by atoms with Gasteiger partial charge in [-0.25, -0.2) is 0 Å². The van der Waals surface area contributed by atoms with E-state index >= 15 is 0 Å². The number of ether oxygens (including phenoxy) is 1. The molecule has 0 fully saturated rings. The maximum Gasteiger partial charge on any atom is 0.135 e. The van der Waals surface area contributed by atoms with Crippen LogP contribution in [0, 0.1) is 0 Å². The van der Waals surface area contributed by atoms with E-state index in [1.165, 1.54) is 71.4 Å². The van der Waals surface area contributed by atoms with E-state index in [1.54, 1.807) is 0 Å². The van der Waals surface area contributed by atoms with Crippen molar-refractivity contribution in [1.82, 2.24) is 0 Å². The number of rotatable bonds is 4. The highest BCUT2D eigenvalue weighted by molar-refractivity contribution is 6.21. The molecule has 0 atom stereocenters. The van der Waals surface area contributed by atoms with Gasteiger partial charge in [0.1, 0.15) is 11.5 Å². The third-order valence-electron chi connectivity index (χ3n) is 10.1. The summed E-state index contributed by atoms with van der Waals surface area (Å²) < 4.78 is 6.60. The second kappa shape index (κ2) is 11.1. The van der Waals surface area contributed by atoms with Crippen LogP contribution in [0.15, 0.2) is 182 Å². The van der Waals surface area contributed by atoms with E-state index in [-0.39, 0.29) is 0 Å². The molecule has 9 aromatic rings. The lowest BCUT2D eigenvalue weighted by molar-refractivity contribution is 0.487. The van der Waals surface area contributed by atoms with Crippen molar-refractivity contribution in [3.63, 3.8) is 0 Å². The van der Waals surface area contributed by atoms with Gasteiger partial charge in [0.2, 0.25) is 0 Å². The van der Waals surface area contributed by atoms with Crippen LogP contribution in [0.5, 0.6) is 11.5 Å². The minimum absolute atomic E-state index is 0.899. The summed E-state index contributed by atoms with van der Waals surface area (Å²) in [5.74, 6) is 1.80. The summed E-state index contributed by atoms with van der Waals surface area (Å²) >= 11 is 0. The van der Waals surface area contributed by atoms with E-state index in [1.807, 2.05) is 6.07 Å². The Hall–Kier alpha value is -6.44. The minimum Gasteiger partial charge on any atom is -0.456 e. The maximum absolute atomic E-state index is 6.60. The molecule has 9 aromatic carbocycles. The van der Waals surface area contributed by atoms with Gasteiger partial charge in [0.25, 0.3) is 0 Å². The first kappa shape index (κ1) is 27.7. The molecule has 0 radical (unpaired) electrons. The summed E-state index contributed by atoms with van der Waals surface area (Å²) in [4.78, 5) is 0. The molecule has 0 N–H and O–H groups in total. The van der Waals surface area contributed by atoms with Crippen LogP contribution < -0.4 is 4.74 Å². The highest BCUT2D eigenvalue weighted by Gasteiger charge is 2.22. The standard InChI is InChI=1S/C48H30O/c1-3-12-31(13-4-1)35-26-27-37-43-29-28-36(38-20-11-21-44(48(38)43)49-45(37)30-35)32-22-24-34(25-23-32)47-41-18-9-7-16-39(41)46(33-14-5-2-6-15-33)40-17-8-10-19-42(40)47/h1-30H. The first-order valence-corrected chi connectivity index (χ1v) is 16.8. The van der Waals surface area contributed by atoms with Crippen LogP contribution >= 0.6 is 0 Å². The van der Waals surface area contributed by atoms with Gasteiger partial charge in [-0.1, -0.05) is 164 Å². The van der Waals surface area contributed by atoms with Gasteiger partial charge < -0.3 is 4.74 Å². The van der Waals surface area contributed by atoms with Gasteiger partial charge in [-0.15, -0.1) is 0 Å². The molecule has 0 saturated carbocycles. The zero-order valence-corrected chi connectivity index (χ0v) is 26.7. The molecule has 1 aliphatic heterocycles. The van der Waals surface area contributed by atoms with Crippen molar-refractivity contribution in [2.24, 2.45) is 0 Å². The topological polar surface area (TPSA) is 9.23 Å². The van der Waals surface area contributed by atoms with Gasteiger partial charge in [-0.05, 0) is 95.2 Å². The molecule has 0 spiro atoms. The van der Waals surface area contributed by atoms with E-state index in [4.69, 9.17) is 4.74 Å². The number of benzene rings is 9. The molecule has 10 rings (SSSR count). The van der Waals surface area contributed by atoms with Crippen LogP contribution in [0.25, 0.3) is 88.0 Å². The van der Waals surface area contributed by atoms with Crippen molar-refractivity contribution in [1.29, 1.82) is 0 Å².